The fourth-order valence-corrected chi connectivity index (χ4v) is 4.91. The van der Waals surface area contributed by atoms with Crippen molar-refractivity contribution in [1.82, 2.24) is 9.88 Å². The van der Waals surface area contributed by atoms with E-state index in [2.05, 4.69) is 39.5 Å². The first kappa shape index (κ1) is 19.1. The van der Waals surface area contributed by atoms with Crippen LogP contribution in [0.25, 0.3) is 0 Å². The molecule has 5 rings (SSSR count). The van der Waals surface area contributed by atoms with E-state index in [0.29, 0.717) is 16.6 Å². The molecule has 0 saturated heterocycles. The fraction of sp³-hybridized carbons (Fsp3) is 0.304. The Balaban J connectivity index is 1.24. The molecule has 1 aromatic heterocycles. The minimum absolute atomic E-state index is 0.232. The first-order valence-electron chi connectivity index (χ1n) is 10.1. The van der Waals surface area contributed by atoms with Crippen LogP contribution in [0.4, 0.5) is 5.13 Å². The average molecular weight is 422 g/mol. The zero-order valence-electron chi connectivity index (χ0n) is 16.7. The maximum Gasteiger partial charge on any atom is 0.271 e. The van der Waals surface area contributed by atoms with Gasteiger partial charge in [0.15, 0.2) is 16.6 Å². The zero-order chi connectivity index (χ0) is 20.5. The molecular formula is C23H23N3O3S. The van der Waals surface area contributed by atoms with Gasteiger partial charge in [0.25, 0.3) is 5.91 Å². The number of hydrogen-bond donors (Lipinski definition) is 1. The molecule has 0 saturated carbocycles. The Morgan fingerprint density at radius 1 is 1.13 bits per heavy atom. The Morgan fingerprint density at radius 3 is 2.67 bits per heavy atom. The molecule has 1 amide bonds. The smallest absolute Gasteiger partial charge is 0.271 e. The summed E-state index contributed by atoms with van der Waals surface area (Å²) in [5.41, 5.74) is 2.39. The number of aromatic nitrogens is 1. The molecule has 1 N–H and O–H groups in total. The lowest BCUT2D eigenvalue weighted by Crippen LogP contribution is -2.46. The third-order valence-electron chi connectivity index (χ3n) is 5.39. The normalized spacial score (nSPS) is 20.4. The summed E-state index contributed by atoms with van der Waals surface area (Å²) in [5.74, 6) is 1.02. The number of nitrogens with one attached hydrogen (secondary N) is 1. The van der Waals surface area contributed by atoms with Gasteiger partial charge in [-0.25, -0.2) is 4.98 Å². The molecule has 3 heterocycles. The lowest BCUT2D eigenvalue weighted by molar-refractivity contribution is -0.128. The summed E-state index contributed by atoms with van der Waals surface area (Å²) in [6.07, 6.45) is -0.201. The molecule has 154 valence electrons. The van der Waals surface area contributed by atoms with E-state index in [9.17, 15) is 4.79 Å². The van der Waals surface area contributed by atoms with Gasteiger partial charge in [0.1, 0.15) is 6.10 Å². The Labute approximate surface area is 179 Å². The van der Waals surface area contributed by atoms with Crippen molar-refractivity contribution in [3.8, 4) is 11.5 Å². The molecule has 2 aromatic carbocycles. The topological polar surface area (TPSA) is 63.7 Å². The van der Waals surface area contributed by atoms with Crippen molar-refractivity contribution in [2.75, 3.05) is 11.9 Å². The number of rotatable bonds is 4. The second kappa shape index (κ2) is 8.08. The number of fused-ring (bicyclic) bond motifs is 2. The average Bonchev–Trinajstić information content (AvgIpc) is 3.15. The molecule has 0 aliphatic carbocycles. The van der Waals surface area contributed by atoms with Gasteiger partial charge >= 0.3 is 0 Å². The van der Waals surface area contributed by atoms with Crippen molar-refractivity contribution in [3.63, 3.8) is 0 Å². The van der Waals surface area contributed by atoms with Crippen molar-refractivity contribution < 1.29 is 14.3 Å². The highest BCUT2D eigenvalue weighted by atomic mass is 32.1. The van der Waals surface area contributed by atoms with E-state index in [1.807, 2.05) is 37.3 Å². The second-order valence-electron chi connectivity index (χ2n) is 7.63. The largest absolute Gasteiger partial charge is 0.482 e. The molecule has 0 spiro atoms. The van der Waals surface area contributed by atoms with Crippen molar-refractivity contribution in [1.29, 1.82) is 0 Å². The summed E-state index contributed by atoms with van der Waals surface area (Å²) in [7, 11) is 0. The number of para-hydroxylation sites is 2. The van der Waals surface area contributed by atoms with Crippen LogP contribution in [0.1, 0.15) is 23.1 Å². The molecular weight excluding hydrogens is 398 g/mol. The third kappa shape index (κ3) is 3.91. The highest BCUT2D eigenvalue weighted by Crippen LogP contribution is 2.34. The zero-order valence-corrected chi connectivity index (χ0v) is 17.5. The summed E-state index contributed by atoms with van der Waals surface area (Å²) in [6, 6.07) is 17.9. The van der Waals surface area contributed by atoms with E-state index in [1.54, 1.807) is 11.3 Å². The van der Waals surface area contributed by atoms with Crippen LogP contribution in [-0.2, 0) is 24.3 Å². The van der Waals surface area contributed by atoms with Crippen molar-refractivity contribution >= 4 is 22.4 Å². The summed E-state index contributed by atoms with van der Waals surface area (Å²) >= 11 is 1.55. The number of ether oxygens (including phenoxy) is 2. The lowest BCUT2D eigenvalue weighted by atomic mass is 10.1. The van der Waals surface area contributed by atoms with Gasteiger partial charge in [0.2, 0.25) is 6.10 Å². The number of anilines is 1. The van der Waals surface area contributed by atoms with E-state index in [1.165, 1.54) is 10.4 Å². The van der Waals surface area contributed by atoms with Crippen LogP contribution in [0.3, 0.4) is 0 Å². The minimum atomic E-state index is -0.713. The highest BCUT2D eigenvalue weighted by Gasteiger charge is 2.34. The molecule has 0 unspecified atom stereocenters. The van der Waals surface area contributed by atoms with Gasteiger partial charge in [-0.05, 0) is 24.6 Å². The lowest BCUT2D eigenvalue weighted by Gasteiger charge is -2.30. The van der Waals surface area contributed by atoms with Crippen LogP contribution in [0.15, 0.2) is 54.6 Å². The molecule has 0 fully saturated rings. The Hall–Kier alpha value is -2.90. The molecule has 2 aliphatic heterocycles. The maximum atomic E-state index is 12.8. The second-order valence-corrected chi connectivity index (χ2v) is 8.72. The molecule has 0 bridgehead atoms. The van der Waals surface area contributed by atoms with E-state index in [0.717, 1.165) is 31.7 Å². The Kier molecular flexibility index (Phi) is 5.14. The quantitative estimate of drug-likeness (QED) is 0.693. The molecule has 2 atom stereocenters. The van der Waals surface area contributed by atoms with Gasteiger partial charge in [0, 0.05) is 30.9 Å². The molecule has 7 heteroatoms. The van der Waals surface area contributed by atoms with Crippen LogP contribution in [0.2, 0.25) is 0 Å². The number of hydrogen-bond acceptors (Lipinski definition) is 6. The predicted octanol–water partition coefficient (Wildman–Crippen LogP) is 3.87. The van der Waals surface area contributed by atoms with Crippen LogP contribution >= 0.6 is 11.3 Å². The van der Waals surface area contributed by atoms with Gasteiger partial charge in [-0.15, -0.1) is 11.3 Å². The molecule has 0 radical (unpaired) electrons. The van der Waals surface area contributed by atoms with Crippen molar-refractivity contribution in [3.05, 3.63) is 70.7 Å². The Morgan fingerprint density at radius 2 is 1.87 bits per heavy atom. The first-order valence-corrected chi connectivity index (χ1v) is 11.0. The summed E-state index contributed by atoms with van der Waals surface area (Å²) in [4.78, 5) is 21.1. The SMILES string of the molecule is C[C@H]1Oc2ccccc2O[C@H]1C(=O)Nc1nc2c(s1)CN(Cc1ccccc1)CC2. The Bertz CT molecular complexity index is 1050. The minimum Gasteiger partial charge on any atom is -0.482 e. The summed E-state index contributed by atoms with van der Waals surface area (Å²) in [5, 5.41) is 3.57. The number of thiazole rings is 1. The number of nitrogens with zero attached hydrogens (tertiary/aromatic N) is 2. The predicted molar refractivity (Wildman–Crippen MR) is 116 cm³/mol. The fourth-order valence-electron chi connectivity index (χ4n) is 3.86. The number of carbonyl (C=O) groups excluding carboxylic acids is 1. The highest BCUT2D eigenvalue weighted by molar-refractivity contribution is 7.15. The standard InChI is InChI=1S/C23H23N3O3S/c1-15-21(29-19-10-6-5-9-18(19)28-15)22(27)25-23-24-17-11-12-26(14-20(17)30-23)13-16-7-3-2-4-8-16/h2-10,15,21H,11-14H2,1H3,(H,24,25,27)/t15-,21-/m1/s1. The van der Waals surface area contributed by atoms with E-state index in [4.69, 9.17) is 9.47 Å². The molecule has 6 nitrogen and oxygen atoms in total. The van der Waals surface area contributed by atoms with Gasteiger partial charge in [0.05, 0.1) is 5.69 Å². The van der Waals surface area contributed by atoms with Gasteiger partial charge < -0.3 is 9.47 Å². The number of amides is 1. The van der Waals surface area contributed by atoms with Gasteiger partial charge in [-0.1, -0.05) is 42.5 Å². The molecule has 3 aromatic rings. The van der Waals surface area contributed by atoms with Gasteiger partial charge in [-0.2, -0.15) is 0 Å². The monoisotopic (exact) mass is 421 g/mol. The molecule has 2 aliphatic rings. The third-order valence-corrected chi connectivity index (χ3v) is 6.39. The number of carbonyl (C=O) groups is 1. The number of benzene rings is 2. The van der Waals surface area contributed by atoms with Crippen LogP contribution in [0.5, 0.6) is 11.5 Å². The maximum absolute atomic E-state index is 12.8. The molecule has 30 heavy (non-hydrogen) atoms. The summed E-state index contributed by atoms with van der Waals surface area (Å²) in [6.45, 7) is 4.58. The van der Waals surface area contributed by atoms with Gasteiger partial charge in [-0.3, -0.25) is 15.0 Å². The van der Waals surface area contributed by atoms with E-state index >= 15 is 0 Å². The van der Waals surface area contributed by atoms with Crippen molar-refractivity contribution in [2.45, 2.75) is 38.6 Å². The van der Waals surface area contributed by atoms with E-state index in [-0.39, 0.29) is 12.0 Å². The summed E-state index contributed by atoms with van der Waals surface area (Å²) < 4.78 is 11.7. The van der Waals surface area contributed by atoms with Crippen LogP contribution < -0.4 is 14.8 Å². The van der Waals surface area contributed by atoms with Crippen LogP contribution in [-0.4, -0.2) is 34.5 Å². The van der Waals surface area contributed by atoms with Crippen molar-refractivity contribution in [2.24, 2.45) is 0 Å². The van der Waals surface area contributed by atoms with Crippen LogP contribution in [0, 0.1) is 0 Å². The van der Waals surface area contributed by atoms with E-state index < -0.39 is 6.10 Å². The first-order chi connectivity index (χ1) is 14.7.